The first kappa shape index (κ1) is 49.0. The number of methoxy groups -OCH3 is 1. The molecule has 0 bridgehead atoms. The number of para-hydroxylation sites is 1. The van der Waals surface area contributed by atoms with E-state index in [0.717, 1.165) is 47.0 Å². The van der Waals surface area contributed by atoms with Crippen molar-refractivity contribution in [3.8, 4) is 5.75 Å². The Labute approximate surface area is 340 Å². The predicted molar refractivity (Wildman–Crippen MR) is 235 cm³/mol. The van der Waals surface area contributed by atoms with Crippen LogP contribution < -0.4 is 4.74 Å². The molecule has 0 unspecified atom stereocenters. The zero-order valence-corrected chi connectivity index (χ0v) is 37.8. The van der Waals surface area contributed by atoms with Crippen LogP contribution in [-0.2, 0) is 25.7 Å². The number of halogens is 1. The van der Waals surface area contributed by atoms with E-state index < -0.39 is 0 Å². The van der Waals surface area contributed by atoms with Crippen molar-refractivity contribution in [2.45, 2.75) is 123 Å². The van der Waals surface area contributed by atoms with Crippen LogP contribution in [0.5, 0.6) is 5.75 Å². The van der Waals surface area contributed by atoms with Crippen LogP contribution in [0.4, 0.5) is 11.4 Å². The molecule has 0 aliphatic rings. The number of hydrogen-bond acceptors (Lipinski definition) is 5. The number of nitro groups is 2. The molecule has 0 atom stereocenters. The van der Waals surface area contributed by atoms with Crippen molar-refractivity contribution in [1.29, 1.82) is 0 Å². The molecule has 0 aliphatic carbocycles. The SMILES string of the molecule is CC(C)(C)Cc1ccc(Br)cc1.CC(C)(C)Cc1ccc([N+](=O)[O-])cc1.CC(C)(C)Cc1ccccc1[N+](=O)[O-].COc1cc(CC(C)(C)C)cc(C)c1C. The number of ether oxygens (including phenoxy) is 1. The Balaban J connectivity index is 0.000000368. The van der Waals surface area contributed by atoms with E-state index in [-0.39, 0.29) is 32.1 Å². The maximum absolute atomic E-state index is 10.7. The maximum Gasteiger partial charge on any atom is 0.272 e. The van der Waals surface area contributed by atoms with Gasteiger partial charge in [-0.25, -0.2) is 0 Å². The van der Waals surface area contributed by atoms with E-state index >= 15 is 0 Å². The Kier molecular flexibility index (Phi) is 19.0. The first-order valence-electron chi connectivity index (χ1n) is 18.9. The quantitative estimate of drug-likeness (QED) is 0.137. The molecule has 4 aromatic rings. The summed E-state index contributed by atoms with van der Waals surface area (Å²) >= 11 is 3.43. The van der Waals surface area contributed by atoms with E-state index in [4.69, 9.17) is 4.74 Å². The van der Waals surface area contributed by atoms with Crippen LogP contribution in [0.1, 0.15) is 116 Å². The van der Waals surface area contributed by atoms with Crippen LogP contribution in [0.3, 0.4) is 0 Å². The summed E-state index contributed by atoms with van der Waals surface area (Å²) in [5.41, 5.74) is 8.66. The molecule has 55 heavy (non-hydrogen) atoms. The monoisotopic (exact) mass is 818 g/mol. The van der Waals surface area contributed by atoms with E-state index in [0.29, 0.717) is 10.8 Å². The molecule has 302 valence electrons. The molecule has 4 aromatic carbocycles. The number of rotatable bonds is 7. The molecule has 8 heteroatoms. The number of aryl methyl sites for hydroxylation is 1. The average Bonchev–Trinajstić information content (AvgIpc) is 3.02. The van der Waals surface area contributed by atoms with Crippen LogP contribution >= 0.6 is 15.9 Å². The normalized spacial score (nSPS) is 11.5. The lowest BCUT2D eigenvalue weighted by atomic mass is 9.87. The highest BCUT2D eigenvalue weighted by Gasteiger charge is 2.19. The van der Waals surface area contributed by atoms with Crippen LogP contribution in [0, 0.1) is 55.7 Å². The molecular weight excluding hydrogens is 752 g/mol. The second kappa shape index (κ2) is 21.3. The Hall–Kier alpha value is -4.04. The third-order valence-electron chi connectivity index (χ3n) is 8.07. The summed E-state index contributed by atoms with van der Waals surface area (Å²) in [6, 6.07) is 26.7. The highest BCUT2D eigenvalue weighted by molar-refractivity contribution is 9.10. The van der Waals surface area contributed by atoms with Gasteiger partial charge in [-0.2, -0.15) is 0 Å². The molecule has 0 amide bonds. The standard InChI is InChI=1S/C14H22O.C11H15Br.2C11H15NO2/c1-10-7-12(9-14(3,4)5)8-13(15-6)11(10)2;1-11(2,3)8-9-4-6-10(12)7-5-9;1-11(2,3)8-9-4-6-10(7-5-9)12(13)14;1-11(2,3)8-9-6-4-5-7-10(9)12(13)14/h7-8H,9H2,1-6H3;4-7H,8H2,1-3H3;2*4-7H,8H2,1-3H3. The molecule has 0 heterocycles. The lowest BCUT2D eigenvalue weighted by Gasteiger charge is -2.19. The minimum Gasteiger partial charge on any atom is -0.496 e. The zero-order chi connectivity index (χ0) is 42.4. The van der Waals surface area contributed by atoms with Gasteiger partial charge in [0.2, 0.25) is 0 Å². The Morgan fingerprint density at radius 3 is 1.38 bits per heavy atom. The van der Waals surface area contributed by atoms with E-state index in [1.54, 1.807) is 31.4 Å². The molecule has 0 fully saturated rings. The number of nitrogens with zero attached hydrogens (tertiary/aromatic N) is 2. The molecule has 0 aromatic heterocycles. The summed E-state index contributed by atoms with van der Waals surface area (Å²) in [4.78, 5) is 20.4. The smallest absolute Gasteiger partial charge is 0.272 e. The summed E-state index contributed by atoms with van der Waals surface area (Å²) in [5, 5.41) is 21.1. The molecule has 0 saturated heterocycles. The van der Waals surface area contributed by atoms with Gasteiger partial charge in [0.05, 0.1) is 17.0 Å². The predicted octanol–water partition coefficient (Wildman–Crippen LogP) is 14.3. The minimum atomic E-state index is -0.374. The molecule has 0 aliphatic heterocycles. The number of benzene rings is 4. The zero-order valence-electron chi connectivity index (χ0n) is 36.2. The Morgan fingerprint density at radius 1 is 0.564 bits per heavy atom. The first-order chi connectivity index (χ1) is 25.1. The highest BCUT2D eigenvalue weighted by Crippen LogP contribution is 2.29. The summed E-state index contributed by atoms with van der Waals surface area (Å²) < 4.78 is 6.53. The minimum absolute atomic E-state index is 0.0755. The summed E-state index contributed by atoms with van der Waals surface area (Å²) in [6.07, 6.45) is 3.89. The van der Waals surface area contributed by atoms with Crippen molar-refractivity contribution in [3.63, 3.8) is 0 Å². The van der Waals surface area contributed by atoms with Crippen LogP contribution in [0.2, 0.25) is 0 Å². The fourth-order valence-electron chi connectivity index (χ4n) is 5.80. The Bertz CT molecular complexity index is 1790. The van der Waals surface area contributed by atoms with Crippen LogP contribution in [0.15, 0.2) is 89.4 Å². The topological polar surface area (TPSA) is 95.5 Å². The second-order valence-corrected chi connectivity index (χ2v) is 20.0. The number of nitro benzene ring substituents is 2. The lowest BCUT2D eigenvalue weighted by Crippen LogP contribution is -2.10. The van der Waals surface area contributed by atoms with Gasteiger partial charge in [-0.3, -0.25) is 20.2 Å². The van der Waals surface area contributed by atoms with Crippen LogP contribution in [-0.4, -0.2) is 17.0 Å². The molecule has 0 spiro atoms. The number of non-ortho nitro benzene ring substituents is 1. The Morgan fingerprint density at radius 2 is 0.982 bits per heavy atom. The third-order valence-corrected chi connectivity index (χ3v) is 8.60. The van der Waals surface area contributed by atoms with Gasteiger partial charge in [0.1, 0.15) is 5.75 Å². The third kappa shape index (κ3) is 21.6. The highest BCUT2D eigenvalue weighted by atomic mass is 79.9. The first-order valence-corrected chi connectivity index (χ1v) is 19.7. The van der Waals surface area contributed by atoms with Gasteiger partial charge in [-0.05, 0) is 107 Å². The molecule has 0 radical (unpaired) electrons. The maximum atomic E-state index is 10.7. The summed E-state index contributed by atoms with van der Waals surface area (Å²) in [6.45, 7) is 30.5. The summed E-state index contributed by atoms with van der Waals surface area (Å²) in [7, 11) is 1.74. The van der Waals surface area contributed by atoms with E-state index in [2.05, 4.69) is 149 Å². The van der Waals surface area contributed by atoms with Gasteiger partial charge >= 0.3 is 0 Å². The van der Waals surface area contributed by atoms with Crippen molar-refractivity contribution in [3.05, 3.63) is 143 Å². The van der Waals surface area contributed by atoms with Crippen molar-refractivity contribution in [1.82, 2.24) is 0 Å². The van der Waals surface area contributed by atoms with Gasteiger partial charge in [-0.1, -0.05) is 148 Å². The van der Waals surface area contributed by atoms with Crippen LogP contribution in [0.25, 0.3) is 0 Å². The van der Waals surface area contributed by atoms with Gasteiger partial charge in [0, 0.05) is 28.2 Å². The van der Waals surface area contributed by atoms with Gasteiger partial charge in [0.25, 0.3) is 11.4 Å². The largest absolute Gasteiger partial charge is 0.496 e. The van der Waals surface area contributed by atoms with E-state index in [1.807, 2.05) is 24.3 Å². The van der Waals surface area contributed by atoms with Crippen molar-refractivity contribution < 1.29 is 14.6 Å². The molecule has 0 N–H and O–H groups in total. The second-order valence-electron chi connectivity index (χ2n) is 19.1. The van der Waals surface area contributed by atoms with Gasteiger partial charge < -0.3 is 4.74 Å². The summed E-state index contributed by atoms with van der Waals surface area (Å²) in [5.74, 6) is 1.01. The van der Waals surface area contributed by atoms with E-state index in [1.165, 1.54) is 22.3 Å². The van der Waals surface area contributed by atoms with Gasteiger partial charge in [0.15, 0.2) is 0 Å². The molecule has 4 rings (SSSR count). The fourth-order valence-corrected chi connectivity index (χ4v) is 6.06. The van der Waals surface area contributed by atoms with Gasteiger partial charge in [-0.15, -0.1) is 0 Å². The molecule has 7 nitrogen and oxygen atoms in total. The fraction of sp³-hybridized carbons (Fsp3) is 0.489. The van der Waals surface area contributed by atoms with Crippen molar-refractivity contribution in [2.75, 3.05) is 7.11 Å². The molecule has 0 saturated carbocycles. The van der Waals surface area contributed by atoms with Crippen molar-refractivity contribution >= 4 is 27.3 Å². The average molecular weight is 820 g/mol. The number of hydrogen-bond donors (Lipinski definition) is 0. The molecular formula is C47H67BrN2O5. The van der Waals surface area contributed by atoms with Crippen molar-refractivity contribution in [2.24, 2.45) is 21.7 Å². The van der Waals surface area contributed by atoms with E-state index in [9.17, 15) is 20.2 Å². The lowest BCUT2D eigenvalue weighted by molar-refractivity contribution is -0.385.